The number of nitrogens with two attached hydrogens (primary N) is 1. The highest BCUT2D eigenvalue weighted by Gasteiger charge is 2.35. The average Bonchev–Trinajstić information content (AvgIpc) is 3.28. The Labute approximate surface area is 164 Å². The van der Waals surface area contributed by atoms with Crippen LogP contribution in [0.15, 0.2) is 30.3 Å². The van der Waals surface area contributed by atoms with Gasteiger partial charge in [-0.1, -0.05) is 30.3 Å². The lowest BCUT2D eigenvalue weighted by molar-refractivity contribution is -0.144. The molecule has 2 atom stereocenters. The van der Waals surface area contributed by atoms with Crippen LogP contribution in [0, 0.1) is 0 Å². The number of aromatic nitrogens is 3. The van der Waals surface area contributed by atoms with E-state index in [1.165, 1.54) is 0 Å². The van der Waals surface area contributed by atoms with Crippen LogP contribution >= 0.6 is 24.8 Å². The van der Waals surface area contributed by atoms with E-state index in [9.17, 15) is 4.79 Å². The summed E-state index contributed by atoms with van der Waals surface area (Å²) in [6.45, 7) is 2.30. The lowest BCUT2D eigenvalue weighted by Crippen LogP contribution is -2.44. The van der Waals surface area contributed by atoms with Crippen molar-refractivity contribution in [3.05, 3.63) is 36.2 Å². The first-order chi connectivity index (χ1) is 11.8. The number of amides is 1. The van der Waals surface area contributed by atoms with Gasteiger partial charge in [0.25, 0.3) is 5.91 Å². The molecule has 0 unspecified atom stereocenters. The minimum absolute atomic E-state index is 0. The molecule has 2 aromatic rings. The predicted molar refractivity (Wildman–Crippen MR) is 102 cm³/mol. The van der Waals surface area contributed by atoms with Gasteiger partial charge in [0, 0.05) is 25.2 Å². The molecule has 1 aromatic carbocycles. The zero-order chi connectivity index (χ0) is 16.5. The lowest BCUT2D eigenvalue weighted by Gasteiger charge is -2.29. The number of benzene rings is 1. The summed E-state index contributed by atoms with van der Waals surface area (Å²) in [5.41, 5.74) is 6.67. The van der Waals surface area contributed by atoms with Crippen molar-refractivity contribution in [1.82, 2.24) is 19.7 Å². The van der Waals surface area contributed by atoms with Gasteiger partial charge >= 0.3 is 0 Å². The molecule has 7 nitrogen and oxygen atoms in total. The molecule has 3 heterocycles. The van der Waals surface area contributed by atoms with Gasteiger partial charge in [0.2, 0.25) is 0 Å². The van der Waals surface area contributed by atoms with E-state index in [2.05, 4.69) is 14.8 Å². The van der Waals surface area contributed by atoms with E-state index in [1.807, 2.05) is 35.2 Å². The molecular weight excluding hydrogens is 377 g/mol. The Hall–Kier alpha value is -1.67. The molecule has 0 radical (unpaired) electrons. The van der Waals surface area contributed by atoms with Crippen LogP contribution < -0.4 is 5.73 Å². The van der Waals surface area contributed by atoms with E-state index >= 15 is 0 Å². The third-order valence-corrected chi connectivity index (χ3v) is 4.74. The Kier molecular flexibility index (Phi) is 7.00. The predicted octanol–water partition coefficient (Wildman–Crippen LogP) is 1.64. The summed E-state index contributed by atoms with van der Waals surface area (Å²) in [5.74, 6) is 1.72. The van der Waals surface area contributed by atoms with E-state index in [0.717, 1.165) is 30.1 Å². The zero-order valence-electron chi connectivity index (χ0n) is 14.3. The van der Waals surface area contributed by atoms with Crippen molar-refractivity contribution in [3.8, 4) is 11.4 Å². The molecule has 9 heteroatoms. The second kappa shape index (κ2) is 8.81. The Morgan fingerprint density at radius 3 is 2.62 bits per heavy atom. The van der Waals surface area contributed by atoms with Crippen molar-refractivity contribution in [1.29, 1.82) is 0 Å². The molecule has 1 amide bonds. The number of rotatable bonds is 3. The molecule has 1 aromatic heterocycles. The summed E-state index contributed by atoms with van der Waals surface area (Å²) in [6, 6.07) is 10.00. The van der Waals surface area contributed by atoms with Crippen molar-refractivity contribution in [2.24, 2.45) is 5.73 Å². The number of ether oxygens (including phenoxy) is 1. The van der Waals surface area contributed by atoms with Crippen LogP contribution in [0.25, 0.3) is 11.4 Å². The Balaban J connectivity index is 0.00000121. The second-order valence-electron chi connectivity index (χ2n) is 6.28. The van der Waals surface area contributed by atoms with Gasteiger partial charge < -0.3 is 19.9 Å². The van der Waals surface area contributed by atoms with Gasteiger partial charge in [0.1, 0.15) is 6.10 Å². The van der Waals surface area contributed by atoms with Crippen molar-refractivity contribution >= 4 is 30.7 Å². The third kappa shape index (κ3) is 3.86. The standard InChI is InChI=1S/C17H21N5O2.2ClH/c18-10-13-6-7-14(24-13)17(23)21-8-9-22-15(11-21)19-20-16(22)12-4-2-1-3-5-12;;/h1-5,13-14H,6-11,18H2;2*1H/t13-,14+;;/m1../s1. The fourth-order valence-corrected chi connectivity index (χ4v) is 3.41. The Morgan fingerprint density at radius 2 is 1.92 bits per heavy atom. The summed E-state index contributed by atoms with van der Waals surface area (Å²) in [7, 11) is 0. The fraction of sp³-hybridized carbons (Fsp3) is 0.471. The average molecular weight is 400 g/mol. The van der Waals surface area contributed by atoms with Crippen LogP contribution in [0.1, 0.15) is 18.7 Å². The molecule has 2 aliphatic heterocycles. The van der Waals surface area contributed by atoms with Gasteiger partial charge in [-0.2, -0.15) is 0 Å². The maximum atomic E-state index is 12.7. The third-order valence-electron chi connectivity index (χ3n) is 4.74. The normalized spacial score (nSPS) is 21.5. The number of hydrogen-bond donors (Lipinski definition) is 1. The van der Waals surface area contributed by atoms with E-state index in [-0.39, 0.29) is 42.9 Å². The molecule has 0 saturated carbocycles. The van der Waals surface area contributed by atoms with Crippen molar-refractivity contribution in [2.75, 3.05) is 13.1 Å². The number of carbonyl (C=O) groups is 1. The quantitative estimate of drug-likeness (QED) is 0.847. The molecule has 1 saturated heterocycles. The lowest BCUT2D eigenvalue weighted by atomic mass is 10.1. The number of carbonyl (C=O) groups excluding carboxylic acids is 1. The first kappa shape index (κ1) is 20.6. The van der Waals surface area contributed by atoms with E-state index in [1.54, 1.807) is 0 Å². The number of hydrogen-bond acceptors (Lipinski definition) is 5. The largest absolute Gasteiger partial charge is 0.364 e. The Morgan fingerprint density at radius 1 is 1.15 bits per heavy atom. The molecule has 2 N–H and O–H groups in total. The summed E-state index contributed by atoms with van der Waals surface area (Å²) in [6.07, 6.45) is 1.26. The first-order valence-corrected chi connectivity index (χ1v) is 8.38. The van der Waals surface area contributed by atoms with Crippen molar-refractivity contribution < 1.29 is 9.53 Å². The highest BCUT2D eigenvalue weighted by molar-refractivity contribution is 5.85. The molecule has 0 spiro atoms. The molecular formula is C17H23Cl2N5O2. The minimum atomic E-state index is -0.360. The van der Waals surface area contributed by atoms with Gasteiger partial charge in [-0.25, -0.2) is 0 Å². The fourth-order valence-electron chi connectivity index (χ4n) is 3.41. The van der Waals surface area contributed by atoms with Gasteiger partial charge in [-0.05, 0) is 12.8 Å². The molecule has 142 valence electrons. The Bertz CT molecular complexity index is 740. The van der Waals surface area contributed by atoms with E-state index in [4.69, 9.17) is 10.5 Å². The van der Waals surface area contributed by atoms with Crippen LogP contribution in [0.3, 0.4) is 0 Å². The van der Waals surface area contributed by atoms with E-state index in [0.29, 0.717) is 26.2 Å². The van der Waals surface area contributed by atoms with Gasteiger partial charge in [0.05, 0.1) is 12.6 Å². The number of fused-ring (bicyclic) bond motifs is 1. The number of halogens is 2. The molecule has 2 aliphatic rings. The smallest absolute Gasteiger partial charge is 0.252 e. The number of nitrogens with zero attached hydrogens (tertiary/aromatic N) is 4. The maximum absolute atomic E-state index is 12.7. The second-order valence-corrected chi connectivity index (χ2v) is 6.28. The summed E-state index contributed by atoms with van der Waals surface area (Å²) in [5, 5.41) is 8.59. The van der Waals surface area contributed by atoms with Gasteiger partial charge in [0.15, 0.2) is 11.6 Å². The summed E-state index contributed by atoms with van der Waals surface area (Å²) >= 11 is 0. The van der Waals surface area contributed by atoms with E-state index < -0.39 is 0 Å². The summed E-state index contributed by atoms with van der Waals surface area (Å²) in [4.78, 5) is 14.5. The zero-order valence-corrected chi connectivity index (χ0v) is 15.9. The maximum Gasteiger partial charge on any atom is 0.252 e. The minimum Gasteiger partial charge on any atom is -0.364 e. The van der Waals surface area contributed by atoms with Crippen LogP contribution in [0.4, 0.5) is 0 Å². The van der Waals surface area contributed by atoms with Crippen molar-refractivity contribution in [3.63, 3.8) is 0 Å². The van der Waals surface area contributed by atoms with Crippen molar-refractivity contribution in [2.45, 2.75) is 38.1 Å². The molecule has 26 heavy (non-hydrogen) atoms. The van der Waals surface area contributed by atoms with Crippen LogP contribution in [-0.4, -0.2) is 50.9 Å². The van der Waals surface area contributed by atoms with Gasteiger partial charge in [-0.3, -0.25) is 4.79 Å². The van der Waals surface area contributed by atoms with Crippen LogP contribution in [0.2, 0.25) is 0 Å². The highest BCUT2D eigenvalue weighted by atomic mass is 35.5. The molecule has 1 fully saturated rings. The highest BCUT2D eigenvalue weighted by Crippen LogP contribution is 2.25. The molecule has 0 aliphatic carbocycles. The molecule has 4 rings (SSSR count). The van der Waals surface area contributed by atoms with Crippen LogP contribution in [0.5, 0.6) is 0 Å². The summed E-state index contributed by atoms with van der Waals surface area (Å²) < 4.78 is 7.82. The topological polar surface area (TPSA) is 86.3 Å². The van der Waals surface area contributed by atoms with Crippen LogP contribution in [-0.2, 0) is 22.6 Å². The first-order valence-electron chi connectivity index (χ1n) is 8.38. The van der Waals surface area contributed by atoms with Gasteiger partial charge in [-0.15, -0.1) is 35.0 Å². The SMILES string of the molecule is Cl.Cl.NC[C@H]1CC[C@@H](C(=O)N2CCn3c(nnc3-c3ccccc3)C2)O1. The monoisotopic (exact) mass is 399 g/mol. The molecule has 0 bridgehead atoms.